The molecule has 1 unspecified atom stereocenters. The third-order valence-electron chi connectivity index (χ3n) is 5.50. The van der Waals surface area contributed by atoms with E-state index in [-0.39, 0.29) is 22.9 Å². The predicted molar refractivity (Wildman–Crippen MR) is 106 cm³/mol. The van der Waals surface area contributed by atoms with Crippen molar-refractivity contribution >= 4 is 29.0 Å². The van der Waals surface area contributed by atoms with E-state index in [4.69, 9.17) is 5.73 Å². The highest BCUT2D eigenvalue weighted by Gasteiger charge is 2.61. The summed E-state index contributed by atoms with van der Waals surface area (Å²) in [5, 5.41) is 20.8. The number of carbonyl (C=O) groups is 1. The number of carbonyl (C=O) groups excluding carboxylic acids is 1. The van der Waals surface area contributed by atoms with Crippen molar-refractivity contribution in [3.8, 4) is 12.1 Å². The Labute approximate surface area is 165 Å². The number of hydrogen-bond donors (Lipinski definition) is 1. The molecule has 2 aromatic rings. The molecule has 2 aromatic carbocycles. The van der Waals surface area contributed by atoms with Crippen LogP contribution in [0.15, 0.2) is 75.4 Å². The summed E-state index contributed by atoms with van der Waals surface area (Å²) in [4.78, 5) is 17.7. The topological polar surface area (TPSA) is 97.2 Å². The van der Waals surface area contributed by atoms with Gasteiger partial charge in [-0.1, -0.05) is 42.1 Å². The molecule has 3 aliphatic heterocycles. The number of benzene rings is 2. The van der Waals surface area contributed by atoms with Gasteiger partial charge < -0.3 is 10.6 Å². The Bertz CT molecular complexity index is 1230. The molecule has 134 valence electrons. The first-order valence-electron chi connectivity index (χ1n) is 8.57. The van der Waals surface area contributed by atoms with E-state index in [2.05, 4.69) is 12.1 Å². The number of hydrogen-bond acceptors (Lipinski definition) is 6. The van der Waals surface area contributed by atoms with Gasteiger partial charge in [0.1, 0.15) is 16.9 Å². The molecule has 0 aliphatic carbocycles. The summed E-state index contributed by atoms with van der Waals surface area (Å²) in [7, 11) is 1.66. The summed E-state index contributed by atoms with van der Waals surface area (Å²) in [6.07, 6.45) is 0. The average Bonchev–Trinajstić information content (AvgIpc) is 3.20. The summed E-state index contributed by atoms with van der Waals surface area (Å²) in [5.41, 5.74) is 7.39. The van der Waals surface area contributed by atoms with E-state index in [0.29, 0.717) is 16.3 Å². The van der Waals surface area contributed by atoms with Crippen molar-refractivity contribution < 1.29 is 4.79 Å². The molecule has 0 saturated heterocycles. The molecule has 0 saturated carbocycles. The number of nitriles is 2. The molecule has 7 heteroatoms. The van der Waals surface area contributed by atoms with Crippen LogP contribution in [0.5, 0.6) is 0 Å². The van der Waals surface area contributed by atoms with Gasteiger partial charge in [-0.25, -0.2) is 0 Å². The molecular formula is C21H13N5OS. The van der Waals surface area contributed by atoms with Crippen LogP contribution in [0.1, 0.15) is 5.56 Å². The Morgan fingerprint density at radius 3 is 2.36 bits per heavy atom. The first-order valence-corrected chi connectivity index (χ1v) is 9.38. The molecule has 1 atom stereocenters. The van der Waals surface area contributed by atoms with E-state index >= 15 is 0 Å². The number of likely N-dealkylation sites (N-methyl/N-ethyl adjacent to an activating group) is 1. The van der Waals surface area contributed by atoms with Gasteiger partial charge in [-0.05, 0) is 18.2 Å². The Morgan fingerprint density at radius 1 is 1.00 bits per heavy atom. The fraction of sp³-hybridized carbons (Fsp3) is 0.0952. The highest BCUT2D eigenvalue weighted by atomic mass is 32.2. The van der Waals surface area contributed by atoms with E-state index in [0.717, 1.165) is 10.6 Å². The van der Waals surface area contributed by atoms with Crippen molar-refractivity contribution in [3.63, 3.8) is 0 Å². The molecule has 1 amide bonds. The SMILES string of the molecule is CN1C(=O)C2(C(C#N)=C(N)N3C(=C2C#N)Sc2ccccc23)c2ccccc21. The fourth-order valence-corrected chi connectivity index (χ4v) is 5.50. The monoisotopic (exact) mass is 383 g/mol. The third-order valence-corrected chi connectivity index (χ3v) is 6.64. The fourth-order valence-electron chi connectivity index (χ4n) is 4.29. The number of anilines is 2. The molecule has 5 rings (SSSR count). The number of amides is 1. The molecule has 0 aromatic heterocycles. The molecule has 0 fully saturated rings. The van der Waals surface area contributed by atoms with Gasteiger partial charge in [0.25, 0.3) is 0 Å². The molecule has 6 nitrogen and oxygen atoms in total. The van der Waals surface area contributed by atoms with Crippen LogP contribution >= 0.6 is 11.8 Å². The summed E-state index contributed by atoms with van der Waals surface area (Å²) in [6, 6.07) is 19.3. The summed E-state index contributed by atoms with van der Waals surface area (Å²) in [5.74, 6) is -0.152. The van der Waals surface area contributed by atoms with Crippen LogP contribution in [-0.2, 0) is 10.2 Å². The molecule has 28 heavy (non-hydrogen) atoms. The zero-order valence-electron chi connectivity index (χ0n) is 14.8. The van der Waals surface area contributed by atoms with Crippen LogP contribution in [0.25, 0.3) is 0 Å². The molecule has 1 spiro atoms. The zero-order valence-corrected chi connectivity index (χ0v) is 15.6. The van der Waals surface area contributed by atoms with Crippen molar-refractivity contribution in [1.29, 1.82) is 10.5 Å². The lowest BCUT2D eigenvalue weighted by Gasteiger charge is -2.37. The minimum absolute atomic E-state index is 0.0897. The van der Waals surface area contributed by atoms with Crippen molar-refractivity contribution in [3.05, 3.63) is 76.1 Å². The number of para-hydroxylation sites is 2. The van der Waals surface area contributed by atoms with Crippen LogP contribution in [0.3, 0.4) is 0 Å². The average molecular weight is 383 g/mol. The maximum atomic E-state index is 13.6. The van der Waals surface area contributed by atoms with Crippen molar-refractivity contribution in [2.45, 2.75) is 10.3 Å². The van der Waals surface area contributed by atoms with E-state index in [1.54, 1.807) is 24.1 Å². The lowest BCUT2D eigenvalue weighted by molar-refractivity contribution is -0.120. The minimum Gasteiger partial charge on any atom is -0.384 e. The van der Waals surface area contributed by atoms with Gasteiger partial charge in [-0.2, -0.15) is 10.5 Å². The normalized spacial score (nSPS) is 22.2. The molecular weight excluding hydrogens is 370 g/mol. The van der Waals surface area contributed by atoms with Gasteiger partial charge >= 0.3 is 0 Å². The first kappa shape index (κ1) is 16.5. The second-order valence-corrected chi connectivity index (χ2v) is 7.73. The predicted octanol–water partition coefficient (Wildman–Crippen LogP) is 2.96. The lowest BCUT2D eigenvalue weighted by atomic mass is 9.68. The van der Waals surface area contributed by atoms with Gasteiger partial charge in [-0.15, -0.1) is 0 Å². The molecule has 3 heterocycles. The Balaban J connectivity index is 1.92. The van der Waals surface area contributed by atoms with Gasteiger partial charge in [0.15, 0.2) is 5.41 Å². The maximum Gasteiger partial charge on any atom is 0.248 e. The Hall–Kier alpha value is -3.68. The lowest BCUT2D eigenvalue weighted by Crippen LogP contribution is -2.48. The van der Waals surface area contributed by atoms with Crippen LogP contribution in [0.2, 0.25) is 0 Å². The third kappa shape index (κ3) is 1.65. The quantitative estimate of drug-likeness (QED) is 0.751. The second kappa shape index (κ2) is 5.41. The van der Waals surface area contributed by atoms with E-state index < -0.39 is 5.41 Å². The van der Waals surface area contributed by atoms with Crippen LogP contribution in [0, 0.1) is 22.7 Å². The van der Waals surface area contributed by atoms with E-state index in [9.17, 15) is 15.3 Å². The standard InChI is InChI=1S/C21H13N5OS/c1-25-15-7-3-2-6-12(15)21(20(25)27)13(10-22)18(24)26-16-8-4-5-9-17(16)28-19(26)14(21)11-23/h2-9H,24H2,1H3. The van der Waals surface area contributed by atoms with Gasteiger partial charge in [-0.3, -0.25) is 9.69 Å². The number of nitrogens with zero attached hydrogens (tertiary/aromatic N) is 4. The van der Waals surface area contributed by atoms with Crippen LogP contribution < -0.4 is 15.5 Å². The van der Waals surface area contributed by atoms with Crippen LogP contribution in [0.4, 0.5) is 11.4 Å². The number of rotatable bonds is 0. The first-order chi connectivity index (χ1) is 13.6. The Kier molecular flexibility index (Phi) is 3.19. The van der Waals surface area contributed by atoms with Crippen molar-refractivity contribution in [2.75, 3.05) is 16.8 Å². The van der Waals surface area contributed by atoms with Crippen molar-refractivity contribution in [1.82, 2.24) is 0 Å². The highest BCUT2D eigenvalue weighted by Crippen LogP contribution is 2.59. The molecule has 0 radical (unpaired) electrons. The van der Waals surface area contributed by atoms with Gasteiger partial charge in [0, 0.05) is 23.2 Å². The second-order valence-electron chi connectivity index (χ2n) is 6.70. The van der Waals surface area contributed by atoms with E-state index in [1.165, 1.54) is 16.7 Å². The van der Waals surface area contributed by atoms with Gasteiger partial charge in [0.2, 0.25) is 5.91 Å². The van der Waals surface area contributed by atoms with E-state index in [1.807, 2.05) is 36.4 Å². The van der Waals surface area contributed by atoms with Crippen molar-refractivity contribution in [2.24, 2.45) is 5.73 Å². The number of thioether (sulfide) groups is 1. The minimum atomic E-state index is -1.51. The summed E-state index contributed by atoms with van der Waals surface area (Å²) >= 11 is 1.40. The Morgan fingerprint density at radius 2 is 1.64 bits per heavy atom. The number of fused-ring (bicyclic) bond motifs is 5. The number of nitrogens with two attached hydrogens (primary N) is 1. The molecule has 3 aliphatic rings. The largest absolute Gasteiger partial charge is 0.384 e. The summed E-state index contributed by atoms with van der Waals surface area (Å²) in [6.45, 7) is 0. The smallest absolute Gasteiger partial charge is 0.248 e. The van der Waals surface area contributed by atoms with Crippen LogP contribution in [-0.4, -0.2) is 13.0 Å². The summed E-state index contributed by atoms with van der Waals surface area (Å²) < 4.78 is 0. The highest BCUT2D eigenvalue weighted by molar-refractivity contribution is 8.03. The van der Waals surface area contributed by atoms with Gasteiger partial charge in [0.05, 0.1) is 22.9 Å². The maximum absolute atomic E-state index is 13.6. The molecule has 0 bridgehead atoms. The zero-order chi connectivity index (χ0) is 19.6. The molecule has 2 N–H and O–H groups in total.